The second-order valence-electron chi connectivity index (χ2n) is 6.97. The van der Waals surface area contributed by atoms with E-state index < -0.39 is 0 Å². The van der Waals surface area contributed by atoms with E-state index in [-0.39, 0.29) is 5.91 Å². The molecule has 3 aromatic carbocycles. The molecule has 4 rings (SSSR count). The lowest BCUT2D eigenvalue weighted by Crippen LogP contribution is -2.25. The molecule has 3 nitrogen and oxygen atoms in total. The van der Waals surface area contributed by atoms with Crippen molar-refractivity contribution in [1.82, 2.24) is 5.32 Å². The largest absolute Gasteiger partial charge is 0.352 e. The van der Waals surface area contributed by atoms with Crippen molar-refractivity contribution in [1.29, 1.82) is 0 Å². The van der Waals surface area contributed by atoms with E-state index in [0.29, 0.717) is 17.1 Å². The summed E-state index contributed by atoms with van der Waals surface area (Å²) in [5.41, 5.74) is 4.77. The Hall–Kier alpha value is -2.08. The Morgan fingerprint density at radius 1 is 1.07 bits per heavy atom. The summed E-state index contributed by atoms with van der Waals surface area (Å²) in [4.78, 5) is 19.8. The third-order valence-corrected chi connectivity index (χ3v) is 6.78. The number of nitrogens with zero attached hydrogens (tertiary/aromatic N) is 1. The van der Waals surface area contributed by atoms with Gasteiger partial charge in [0.05, 0.1) is 5.69 Å². The van der Waals surface area contributed by atoms with Crippen LogP contribution in [0.5, 0.6) is 0 Å². The van der Waals surface area contributed by atoms with E-state index in [9.17, 15) is 4.79 Å². The Bertz CT molecular complexity index is 1130. The van der Waals surface area contributed by atoms with Crippen LogP contribution in [0.3, 0.4) is 0 Å². The van der Waals surface area contributed by atoms with Gasteiger partial charge in [-0.25, -0.2) is 0 Å². The predicted molar refractivity (Wildman–Crippen MR) is 129 cm³/mol. The highest BCUT2D eigenvalue weighted by Gasteiger charge is 2.18. The number of aliphatic imine (C=N–C) groups is 1. The minimum Gasteiger partial charge on any atom is -0.352 e. The highest BCUT2D eigenvalue weighted by atomic mass is 79.9. The van der Waals surface area contributed by atoms with E-state index in [0.717, 1.165) is 44.7 Å². The smallest absolute Gasteiger partial charge is 0.251 e. The molecule has 0 atom stereocenters. The average molecular weight is 500 g/mol. The van der Waals surface area contributed by atoms with Gasteiger partial charge in [0.2, 0.25) is 0 Å². The van der Waals surface area contributed by atoms with Crippen LogP contribution in [0, 0.1) is 0 Å². The van der Waals surface area contributed by atoms with Gasteiger partial charge in [0.15, 0.2) is 0 Å². The molecule has 0 fully saturated rings. The van der Waals surface area contributed by atoms with Crippen LogP contribution in [0.25, 0.3) is 0 Å². The average Bonchev–Trinajstić information content (AvgIpc) is 2.90. The number of halogens is 2. The van der Waals surface area contributed by atoms with Crippen molar-refractivity contribution < 1.29 is 4.79 Å². The number of fused-ring (bicyclic) bond motifs is 2. The van der Waals surface area contributed by atoms with Crippen molar-refractivity contribution >= 4 is 56.6 Å². The molecule has 6 heteroatoms. The number of hydrogen-bond donors (Lipinski definition) is 1. The van der Waals surface area contributed by atoms with E-state index in [1.165, 1.54) is 4.90 Å². The van der Waals surface area contributed by atoms with Gasteiger partial charge in [0.1, 0.15) is 0 Å². The summed E-state index contributed by atoms with van der Waals surface area (Å²) in [5, 5.41) is 3.72. The van der Waals surface area contributed by atoms with Gasteiger partial charge in [0.25, 0.3) is 5.91 Å². The van der Waals surface area contributed by atoms with Crippen LogP contribution in [0.2, 0.25) is 5.02 Å². The molecule has 1 heterocycles. The van der Waals surface area contributed by atoms with Crippen molar-refractivity contribution in [3.05, 3.63) is 86.8 Å². The fraction of sp³-hybridized carbons (Fsp3) is 0.167. The Labute approximate surface area is 194 Å². The van der Waals surface area contributed by atoms with Gasteiger partial charge in [0, 0.05) is 42.7 Å². The predicted octanol–water partition coefficient (Wildman–Crippen LogP) is 7.07. The number of carbonyl (C=O) groups excluding carboxylic acids is 1. The van der Waals surface area contributed by atoms with Crippen molar-refractivity contribution in [2.24, 2.45) is 4.99 Å². The van der Waals surface area contributed by atoms with Crippen molar-refractivity contribution in [3.63, 3.8) is 0 Å². The van der Waals surface area contributed by atoms with Gasteiger partial charge >= 0.3 is 0 Å². The number of carbonyl (C=O) groups is 1. The third-order valence-electron chi connectivity index (χ3n) is 4.90. The highest BCUT2D eigenvalue weighted by Crippen LogP contribution is 2.41. The van der Waals surface area contributed by atoms with Crippen LogP contribution in [0.1, 0.15) is 34.8 Å². The van der Waals surface area contributed by atoms with Crippen LogP contribution in [-0.4, -0.2) is 18.2 Å². The molecule has 1 aliphatic heterocycles. The third kappa shape index (κ3) is 4.80. The van der Waals surface area contributed by atoms with Crippen LogP contribution in [0.4, 0.5) is 5.69 Å². The summed E-state index contributed by atoms with van der Waals surface area (Å²) >= 11 is 11.2. The zero-order chi connectivity index (χ0) is 21.1. The minimum absolute atomic E-state index is 0.0884. The van der Waals surface area contributed by atoms with Crippen LogP contribution < -0.4 is 5.32 Å². The second-order valence-corrected chi connectivity index (χ2v) is 9.41. The Morgan fingerprint density at radius 3 is 2.60 bits per heavy atom. The number of benzene rings is 3. The summed E-state index contributed by atoms with van der Waals surface area (Å²) in [6.07, 6.45) is 1.58. The fourth-order valence-electron chi connectivity index (χ4n) is 3.32. The van der Waals surface area contributed by atoms with Gasteiger partial charge in [-0.2, -0.15) is 0 Å². The van der Waals surface area contributed by atoms with E-state index in [1.54, 1.807) is 11.8 Å². The standard InChI is InChI=1S/C24H20BrClN2OS/c1-2-20-19-14-17(25)6-10-22(19)30-23-9-5-16(13-21(23)28-20)24(29)27-12-11-15-3-7-18(26)8-4-15/h3-10,13-14H,2,11-12H2,1H3,(H,27,29). The van der Waals surface area contributed by atoms with Crippen LogP contribution in [-0.2, 0) is 6.42 Å². The summed E-state index contributed by atoms with van der Waals surface area (Å²) in [6, 6.07) is 19.7. The highest BCUT2D eigenvalue weighted by molar-refractivity contribution is 9.10. The number of nitrogens with one attached hydrogen (secondary N) is 1. The maximum absolute atomic E-state index is 12.7. The molecule has 152 valence electrons. The molecule has 1 N–H and O–H groups in total. The van der Waals surface area contributed by atoms with Crippen molar-refractivity contribution in [2.75, 3.05) is 6.54 Å². The van der Waals surface area contributed by atoms with Gasteiger partial charge in [-0.05, 0) is 66.9 Å². The first-order valence-electron chi connectivity index (χ1n) is 9.75. The van der Waals surface area contributed by atoms with Gasteiger partial charge in [-0.1, -0.05) is 58.3 Å². The number of hydrogen-bond acceptors (Lipinski definition) is 3. The monoisotopic (exact) mass is 498 g/mol. The molecular formula is C24H20BrClN2OS. The first-order valence-corrected chi connectivity index (χ1v) is 11.7. The maximum Gasteiger partial charge on any atom is 0.251 e. The molecular weight excluding hydrogens is 480 g/mol. The summed E-state index contributed by atoms with van der Waals surface area (Å²) in [7, 11) is 0. The Kier molecular flexibility index (Phi) is 6.61. The van der Waals surface area contributed by atoms with Gasteiger partial charge in [-0.15, -0.1) is 0 Å². The first-order chi connectivity index (χ1) is 14.5. The first kappa shape index (κ1) is 21.2. The van der Waals surface area contributed by atoms with Gasteiger partial charge in [-0.3, -0.25) is 9.79 Å². The fourth-order valence-corrected chi connectivity index (χ4v) is 4.81. The zero-order valence-electron chi connectivity index (χ0n) is 16.4. The molecule has 1 aliphatic rings. The lowest BCUT2D eigenvalue weighted by molar-refractivity contribution is 0.0954. The number of rotatable bonds is 5. The molecule has 0 radical (unpaired) electrons. The zero-order valence-corrected chi connectivity index (χ0v) is 19.6. The molecule has 1 amide bonds. The Morgan fingerprint density at radius 2 is 1.83 bits per heavy atom. The van der Waals surface area contributed by atoms with Crippen LogP contribution in [0.15, 0.2) is 79.9 Å². The lowest BCUT2D eigenvalue weighted by atomic mass is 10.1. The van der Waals surface area contributed by atoms with Crippen molar-refractivity contribution in [3.8, 4) is 0 Å². The molecule has 0 aliphatic carbocycles. The Balaban J connectivity index is 1.52. The molecule has 0 saturated carbocycles. The molecule has 0 spiro atoms. The molecule has 0 saturated heterocycles. The quantitative estimate of drug-likeness (QED) is 0.408. The lowest BCUT2D eigenvalue weighted by Gasteiger charge is -2.09. The minimum atomic E-state index is -0.0884. The molecule has 30 heavy (non-hydrogen) atoms. The molecule has 3 aromatic rings. The summed E-state index contributed by atoms with van der Waals surface area (Å²) in [5.74, 6) is -0.0884. The molecule has 0 aromatic heterocycles. The van der Waals surface area contributed by atoms with E-state index in [4.69, 9.17) is 16.6 Å². The van der Waals surface area contributed by atoms with Gasteiger partial charge < -0.3 is 5.32 Å². The van der Waals surface area contributed by atoms with E-state index in [1.807, 2.05) is 48.5 Å². The summed E-state index contributed by atoms with van der Waals surface area (Å²) in [6.45, 7) is 2.67. The topological polar surface area (TPSA) is 41.5 Å². The van der Waals surface area contributed by atoms with Crippen molar-refractivity contribution in [2.45, 2.75) is 29.6 Å². The maximum atomic E-state index is 12.7. The van der Waals surface area contributed by atoms with Crippen LogP contribution >= 0.6 is 39.3 Å². The SMILES string of the molecule is CCC1=Nc2cc(C(=O)NCCc3ccc(Cl)cc3)ccc2Sc2ccc(Br)cc21. The molecule has 0 unspecified atom stereocenters. The summed E-state index contributed by atoms with van der Waals surface area (Å²) < 4.78 is 1.04. The second kappa shape index (κ2) is 9.38. The number of amides is 1. The molecule has 0 bridgehead atoms. The normalized spacial score (nSPS) is 12.4. The van der Waals surface area contributed by atoms with E-state index in [2.05, 4.69) is 40.3 Å². The van der Waals surface area contributed by atoms with E-state index >= 15 is 0 Å².